The van der Waals surface area contributed by atoms with Gasteiger partial charge >= 0.3 is 6.09 Å². The second-order valence-corrected chi connectivity index (χ2v) is 6.64. The molecule has 2 aromatic carbocycles. The Kier molecular flexibility index (Phi) is 5.71. The molecule has 1 aliphatic rings. The summed E-state index contributed by atoms with van der Waals surface area (Å²) >= 11 is 0. The zero-order chi connectivity index (χ0) is 17.6. The molecule has 4 heteroatoms. The van der Waals surface area contributed by atoms with Crippen LogP contribution in [0.15, 0.2) is 54.6 Å². The van der Waals surface area contributed by atoms with Crippen LogP contribution in [-0.4, -0.2) is 46.7 Å². The van der Waals surface area contributed by atoms with Gasteiger partial charge in [-0.15, -0.1) is 0 Å². The first-order chi connectivity index (χ1) is 12.2. The fraction of sp³-hybridized carbons (Fsp3) is 0.381. The first-order valence-electron chi connectivity index (χ1n) is 9.03. The number of benzene rings is 2. The molecule has 0 bridgehead atoms. The normalized spacial score (nSPS) is 15.9. The number of nitrogens with zero attached hydrogens (tertiary/aromatic N) is 2. The molecular formula is C21H26N2O2. The molecule has 1 N–H and O–H groups in total. The monoisotopic (exact) mass is 338 g/mol. The van der Waals surface area contributed by atoms with Gasteiger partial charge in [0.05, 0.1) is 0 Å². The van der Waals surface area contributed by atoms with Crippen LogP contribution >= 0.6 is 0 Å². The van der Waals surface area contributed by atoms with E-state index in [0.717, 1.165) is 32.5 Å². The van der Waals surface area contributed by atoms with E-state index in [0.29, 0.717) is 6.54 Å². The summed E-state index contributed by atoms with van der Waals surface area (Å²) in [6.07, 6.45) is 1.04. The average Bonchev–Trinajstić information content (AvgIpc) is 2.65. The Balaban J connectivity index is 1.55. The van der Waals surface area contributed by atoms with Crippen LogP contribution in [0.1, 0.15) is 25.3 Å². The van der Waals surface area contributed by atoms with Crippen LogP contribution in [0.25, 0.3) is 11.1 Å². The molecule has 0 aromatic heterocycles. The van der Waals surface area contributed by atoms with Crippen molar-refractivity contribution in [3.63, 3.8) is 0 Å². The van der Waals surface area contributed by atoms with Crippen molar-refractivity contribution in [3.05, 3.63) is 60.2 Å². The predicted octanol–water partition coefficient (Wildman–Crippen LogP) is 4.32. The van der Waals surface area contributed by atoms with Crippen molar-refractivity contribution < 1.29 is 9.90 Å². The first kappa shape index (κ1) is 17.5. The molecule has 0 radical (unpaired) electrons. The van der Waals surface area contributed by atoms with Gasteiger partial charge < -0.3 is 10.0 Å². The fourth-order valence-corrected chi connectivity index (χ4v) is 3.63. The molecule has 132 valence electrons. The molecule has 2 aromatic rings. The van der Waals surface area contributed by atoms with E-state index in [4.69, 9.17) is 0 Å². The number of carboxylic acid groups (broad SMARTS) is 1. The quantitative estimate of drug-likeness (QED) is 0.883. The van der Waals surface area contributed by atoms with Crippen LogP contribution in [0.2, 0.25) is 0 Å². The maximum atomic E-state index is 11.3. The molecule has 0 unspecified atom stereocenters. The molecule has 0 aliphatic carbocycles. The van der Waals surface area contributed by atoms with Gasteiger partial charge in [0.25, 0.3) is 0 Å². The maximum Gasteiger partial charge on any atom is 0.407 e. The summed E-state index contributed by atoms with van der Waals surface area (Å²) in [6.45, 7) is 5.32. The first-order valence-corrected chi connectivity index (χ1v) is 9.03. The minimum Gasteiger partial charge on any atom is -0.465 e. The van der Waals surface area contributed by atoms with E-state index in [-0.39, 0.29) is 6.04 Å². The lowest BCUT2D eigenvalue weighted by Crippen LogP contribution is -2.46. The number of piperidine rings is 1. The molecular weight excluding hydrogens is 312 g/mol. The van der Waals surface area contributed by atoms with E-state index in [1.165, 1.54) is 16.7 Å². The molecule has 1 aliphatic heterocycles. The smallest absolute Gasteiger partial charge is 0.407 e. The van der Waals surface area contributed by atoms with Crippen molar-refractivity contribution in [2.24, 2.45) is 0 Å². The largest absolute Gasteiger partial charge is 0.465 e. The van der Waals surface area contributed by atoms with E-state index >= 15 is 0 Å². The molecule has 1 heterocycles. The number of carbonyl (C=O) groups is 1. The SMILES string of the molecule is CCN(C(=O)O)C1CCN(Cc2ccc(-c3ccccc3)cc2)CC1. The Morgan fingerprint density at radius 3 is 2.20 bits per heavy atom. The number of rotatable bonds is 5. The summed E-state index contributed by atoms with van der Waals surface area (Å²) in [5.74, 6) is 0. The van der Waals surface area contributed by atoms with E-state index < -0.39 is 6.09 Å². The van der Waals surface area contributed by atoms with Crippen LogP contribution in [0.3, 0.4) is 0 Å². The minimum atomic E-state index is -0.794. The highest BCUT2D eigenvalue weighted by Crippen LogP contribution is 2.22. The van der Waals surface area contributed by atoms with Crippen LogP contribution in [0.5, 0.6) is 0 Å². The number of hydrogen-bond donors (Lipinski definition) is 1. The Hall–Kier alpha value is -2.33. The summed E-state index contributed by atoms with van der Waals surface area (Å²) in [4.78, 5) is 15.3. The summed E-state index contributed by atoms with van der Waals surface area (Å²) in [6, 6.07) is 19.3. The lowest BCUT2D eigenvalue weighted by Gasteiger charge is -2.36. The highest BCUT2D eigenvalue weighted by molar-refractivity contribution is 5.65. The van der Waals surface area contributed by atoms with E-state index in [1.807, 2.05) is 13.0 Å². The van der Waals surface area contributed by atoms with Gasteiger partial charge in [0.1, 0.15) is 0 Å². The van der Waals surface area contributed by atoms with Gasteiger partial charge in [-0.1, -0.05) is 54.6 Å². The van der Waals surface area contributed by atoms with Crippen molar-refractivity contribution >= 4 is 6.09 Å². The Labute approximate surface area is 149 Å². The summed E-state index contributed by atoms with van der Waals surface area (Å²) in [7, 11) is 0. The summed E-state index contributed by atoms with van der Waals surface area (Å²) in [5.41, 5.74) is 3.79. The molecule has 0 spiro atoms. The predicted molar refractivity (Wildman–Crippen MR) is 101 cm³/mol. The number of hydrogen-bond acceptors (Lipinski definition) is 2. The third-order valence-electron chi connectivity index (χ3n) is 5.05. The molecule has 1 amide bonds. The van der Waals surface area contributed by atoms with Gasteiger partial charge in [-0.05, 0) is 36.5 Å². The summed E-state index contributed by atoms with van der Waals surface area (Å²) in [5, 5.41) is 9.26. The highest BCUT2D eigenvalue weighted by Gasteiger charge is 2.26. The zero-order valence-electron chi connectivity index (χ0n) is 14.8. The minimum absolute atomic E-state index is 0.166. The van der Waals surface area contributed by atoms with Gasteiger partial charge in [0.2, 0.25) is 0 Å². The van der Waals surface area contributed by atoms with Crippen molar-refractivity contribution in [1.82, 2.24) is 9.80 Å². The molecule has 3 rings (SSSR count). The van der Waals surface area contributed by atoms with Gasteiger partial charge in [-0.2, -0.15) is 0 Å². The van der Waals surface area contributed by atoms with Crippen LogP contribution in [0, 0.1) is 0 Å². The van der Waals surface area contributed by atoms with Crippen molar-refractivity contribution in [2.45, 2.75) is 32.4 Å². The van der Waals surface area contributed by atoms with Gasteiger partial charge in [0.15, 0.2) is 0 Å². The van der Waals surface area contributed by atoms with Crippen molar-refractivity contribution in [2.75, 3.05) is 19.6 Å². The zero-order valence-corrected chi connectivity index (χ0v) is 14.8. The van der Waals surface area contributed by atoms with Crippen molar-refractivity contribution in [3.8, 4) is 11.1 Å². The number of likely N-dealkylation sites (tertiary alicyclic amines) is 1. The molecule has 0 atom stereocenters. The molecule has 25 heavy (non-hydrogen) atoms. The fourth-order valence-electron chi connectivity index (χ4n) is 3.63. The average molecular weight is 338 g/mol. The molecule has 1 fully saturated rings. The van der Waals surface area contributed by atoms with Crippen LogP contribution in [0.4, 0.5) is 4.79 Å². The van der Waals surface area contributed by atoms with Gasteiger partial charge in [-0.25, -0.2) is 4.79 Å². The lowest BCUT2D eigenvalue weighted by molar-refractivity contribution is 0.0917. The van der Waals surface area contributed by atoms with Gasteiger partial charge in [0, 0.05) is 32.2 Å². The van der Waals surface area contributed by atoms with E-state index in [2.05, 4.69) is 53.4 Å². The van der Waals surface area contributed by atoms with E-state index in [9.17, 15) is 9.90 Å². The molecule has 1 saturated heterocycles. The molecule has 0 saturated carbocycles. The third kappa shape index (κ3) is 4.40. The van der Waals surface area contributed by atoms with Gasteiger partial charge in [-0.3, -0.25) is 4.90 Å². The Bertz CT molecular complexity index is 677. The maximum absolute atomic E-state index is 11.3. The van der Waals surface area contributed by atoms with Crippen LogP contribution in [-0.2, 0) is 6.54 Å². The third-order valence-corrected chi connectivity index (χ3v) is 5.05. The Morgan fingerprint density at radius 1 is 1.04 bits per heavy atom. The van der Waals surface area contributed by atoms with Crippen LogP contribution < -0.4 is 0 Å². The lowest BCUT2D eigenvalue weighted by atomic mass is 10.0. The van der Waals surface area contributed by atoms with E-state index in [1.54, 1.807) is 4.90 Å². The standard InChI is InChI=1S/C21H26N2O2/c1-2-23(21(24)25)20-12-14-22(15-13-20)16-17-8-10-19(11-9-17)18-6-4-3-5-7-18/h3-11,20H,2,12-16H2,1H3,(H,24,25). The second-order valence-electron chi connectivity index (χ2n) is 6.64. The highest BCUT2D eigenvalue weighted by atomic mass is 16.4. The Morgan fingerprint density at radius 2 is 1.64 bits per heavy atom. The van der Waals surface area contributed by atoms with Crippen molar-refractivity contribution in [1.29, 1.82) is 0 Å². The summed E-state index contributed by atoms with van der Waals surface area (Å²) < 4.78 is 0. The topological polar surface area (TPSA) is 43.8 Å². The second kappa shape index (κ2) is 8.17. The number of amides is 1. The molecule has 4 nitrogen and oxygen atoms in total.